The number of para-hydroxylation sites is 1. The molecule has 0 radical (unpaired) electrons. The normalized spacial score (nSPS) is 12.8. The molecule has 2 aromatic heterocycles. The van der Waals surface area contributed by atoms with E-state index in [9.17, 15) is 19.6 Å². The molecule has 10 heteroatoms. The van der Waals surface area contributed by atoms with Gasteiger partial charge in [0.1, 0.15) is 15.9 Å². The number of pyridine rings is 1. The minimum atomic E-state index is -0.621. The number of nitriles is 1. The lowest BCUT2D eigenvalue weighted by Gasteiger charge is -2.30. The van der Waals surface area contributed by atoms with Crippen molar-refractivity contribution in [3.63, 3.8) is 0 Å². The molecule has 1 aliphatic rings. The smallest absolute Gasteiger partial charge is 0.348 e. The quantitative estimate of drug-likeness (QED) is 0.295. The average molecular weight is 569 g/mol. The van der Waals surface area contributed by atoms with Crippen molar-refractivity contribution >= 4 is 45.1 Å². The lowest BCUT2D eigenvalue weighted by molar-refractivity contribution is -0.119. The highest BCUT2D eigenvalue weighted by Crippen LogP contribution is 2.33. The Morgan fingerprint density at radius 1 is 1.07 bits per heavy atom. The van der Waals surface area contributed by atoms with Crippen LogP contribution in [0.1, 0.15) is 54.9 Å². The van der Waals surface area contributed by atoms with Crippen molar-refractivity contribution in [1.82, 2.24) is 9.88 Å². The van der Waals surface area contributed by atoms with E-state index < -0.39 is 24.5 Å². The van der Waals surface area contributed by atoms with E-state index in [4.69, 9.17) is 14.5 Å². The zero-order valence-corrected chi connectivity index (χ0v) is 23.5. The van der Waals surface area contributed by atoms with E-state index in [1.807, 2.05) is 48.5 Å². The molecule has 4 aromatic rings. The molecule has 0 atom stereocenters. The number of thiophene rings is 1. The van der Waals surface area contributed by atoms with Crippen molar-refractivity contribution in [1.29, 1.82) is 5.26 Å². The maximum Gasteiger partial charge on any atom is 0.348 e. The summed E-state index contributed by atoms with van der Waals surface area (Å²) in [6.45, 7) is 5.00. The second-order valence-electron chi connectivity index (χ2n) is 9.59. The van der Waals surface area contributed by atoms with Gasteiger partial charge in [-0.3, -0.25) is 14.7 Å². The Bertz CT molecular complexity index is 1680. The van der Waals surface area contributed by atoms with Crippen LogP contribution in [0.3, 0.4) is 0 Å². The van der Waals surface area contributed by atoms with E-state index in [-0.39, 0.29) is 22.0 Å². The maximum atomic E-state index is 13.5. The molecule has 41 heavy (non-hydrogen) atoms. The van der Waals surface area contributed by atoms with Gasteiger partial charge in [-0.1, -0.05) is 48.5 Å². The summed E-state index contributed by atoms with van der Waals surface area (Å²) in [5.41, 5.74) is 4.53. The molecule has 1 amide bonds. The van der Waals surface area contributed by atoms with Gasteiger partial charge in [0.2, 0.25) is 0 Å². The van der Waals surface area contributed by atoms with Crippen molar-refractivity contribution in [2.75, 3.05) is 25.1 Å². The van der Waals surface area contributed by atoms with Crippen LogP contribution < -0.4 is 5.32 Å². The second kappa shape index (κ2) is 12.3. The molecule has 1 N–H and O–H groups in total. The van der Waals surface area contributed by atoms with Gasteiger partial charge < -0.3 is 14.8 Å². The first-order chi connectivity index (χ1) is 19.9. The fourth-order valence-corrected chi connectivity index (χ4v) is 6.02. The van der Waals surface area contributed by atoms with Crippen LogP contribution in [0.2, 0.25) is 0 Å². The fraction of sp³-hybridized carbons (Fsp3) is 0.258. The van der Waals surface area contributed by atoms with Crippen LogP contribution in [0, 0.1) is 18.3 Å². The first-order valence-electron chi connectivity index (χ1n) is 13.2. The van der Waals surface area contributed by atoms with Crippen LogP contribution in [-0.4, -0.2) is 47.5 Å². The Labute approximate surface area is 241 Å². The number of anilines is 1. The molecule has 208 valence electrons. The van der Waals surface area contributed by atoms with E-state index in [0.717, 1.165) is 35.7 Å². The summed E-state index contributed by atoms with van der Waals surface area (Å²) >= 11 is 0.956. The Morgan fingerprint density at radius 2 is 1.83 bits per heavy atom. The molecule has 0 unspecified atom stereocenters. The van der Waals surface area contributed by atoms with Crippen LogP contribution in [0.5, 0.6) is 0 Å². The zero-order chi connectivity index (χ0) is 28.9. The number of nitrogens with zero attached hydrogens (tertiary/aromatic N) is 3. The van der Waals surface area contributed by atoms with Gasteiger partial charge in [0.15, 0.2) is 6.61 Å². The number of amides is 1. The number of carbonyl (C=O) groups excluding carboxylic acids is 3. The highest BCUT2D eigenvalue weighted by Gasteiger charge is 2.28. The van der Waals surface area contributed by atoms with Gasteiger partial charge in [-0.15, -0.1) is 11.3 Å². The third-order valence-electron chi connectivity index (χ3n) is 6.89. The van der Waals surface area contributed by atoms with Crippen molar-refractivity contribution < 1.29 is 23.9 Å². The maximum absolute atomic E-state index is 13.5. The van der Waals surface area contributed by atoms with Gasteiger partial charge in [0, 0.05) is 42.7 Å². The third kappa shape index (κ3) is 5.96. The number of hydrogen-bond donors (Lipinski definition) is 1. The van der Waals surface area contributed by atoms with Crippen molar-refractivity contribution in [2.45, 2.75) is 33.4 Å². The molecular weight excluding hydrogens is 540 g/mol. The molecule has 0 saturated heterocycles. The number of esters is 2. The molecule has 5 rings (SSSR count). The summed E-state index contributed by atoms with van der Waals surface area (Å²) < 4.78 is 10.6. The van der Waals surface area contributed by atoms with Crippen molar-refractivity contribution in [3.05, 3.63) is 93.0 Å². The molecule has 9 nitrogen and oxygen atoms in total. The summed E-state index contributed by atoms with van der Waals surface area (Å²) in [5, 5.41) is 13.1. The van der Waals surface area contributed by atoms with Gasteiger partial charge >= 0.3 is 11.9 Å². The van der Waals surface area contributed by atoms with Gasteiger partial charge in [-0.2, -0.15) is 5.26 Å². The number of hydrogen-bond acceptors (Lipinski definition) is 9. The summed E-state index contributed by atoms with van der Waals surface area (Å²) in [7, 11) is 0. The number of carbonyl (C=O) groups is 3. The number of ether oxygens (including phenoxy) is 2. The van der Waals surface area contributed by atoms with E-state index in [1.165, 1.54) is 5.56 Å². The predicted octanol–water partition coefficient (Wildman–Crippen LogP) is 5.01. The Hall–Kier alpha value is -4.59. The SMILES string of the molecule is CCOC(=O)c1sc(NC(=O)COC(=O)c2c3c(nc4ccccc24)CCN(Cc2ccccc2)C3)c(C#N)c1C. The number of aromatic nitrogens is 1. The summed E-state index contributed by atoms with van der Waals surface area (Å²) in [5.74, 6) is -1.80. The molecule has 0 spiro atoms. The van der Waals surface area contributed by atoms with Crippen LogP contribution in [0.25, 0.3) is 10.9 Å². The fourth-order valence-electron chi connectivity index (χ4n) is 4.95. The van der Waals surface area contributed by atoms with E-state index in [2.05, 4.69) is 22.3 Å². The minimum Gasteiger partial charge on any atom is -0.462 e. The number of benzene rings is 2. The van der Waals surface area contributed by atoms with Gasteiger partial charge in [0.05, 0.1) is 23.3 Å². The lowest BCUT2D eigenvalue weighted by Crippen LogP contribution is -2.32. The largest absolute Gasteiger partial charge is 0.462 e. The molecule has 2 aromatic carbocycles. The Kier molecular flexibility index (Phi) is 8.38. The van der Waals surface area contributed by atoms with Crippen molar-refractivity contribution in [2.24, 2.45) is 0 Å². The molecule has 0 saturated carbocycles. The molecule has 3 heterocycles. The average Bonchev–Trinajstić information content (AvgIpc) is 3.29. The summed E-state index contributed by atoms with van der Waals surface area (Å²) in [6, 6.07) is 19.6. The van der Waals surface area contributed by atoms with Crippen LogP contribution in [0.4, 0.5) is 5.00 Å². The molecule has 1 aliphatic heterocycles. The summed E-state index contributed by atoms with van der Waals surface area (Å²) in [6.07, 6.45) is 0.686. The molecule has 0 aliphatic carbocycles. The Balaban J connectivity index is 1.35. The second-order valence-corrected chi connectivity index (χ2v) is 10.6. The van der Waals surface area contributed by atoms with E-state index >= 15 is 0 Å². The topological polar surface area (TPSA) is 122 Å². The van der Waals surface area contributed by atoms with Gasteiger partial charge in [0.25, 0.3) is 5.91 Å². The lowest BCUT2D eigenvalue weighted by atomic mass is 9.95. The third-order valence-corrected chi connectivity index (χ3v) is 8.07. The van der Waals surface area contributed by atoms with Crippen LogP contribution >= 0.6 is 11.3 Å². The highest BCUT2D eigenvalue weighted by molar-refractivity contribution is 7.18. The standard InChI is InChI=1S/C31H28N4O5S/c1-3-39-31(38)28-19(2)22(15-32)29(41-28)34-26(36)18-40-30(37)27-21-11-7-8-12-24(21)33-25-13-14-35(17-23(25)27)16-20-9-5-4-6-10-20/h4-12H,3,13-14,16-18H2,1-2H3,(H,34,36). The number of rotatable bonds is 8. The van der Waals surface area contributed by atoms with Gasteiger partial charge in [-0.25, -0.2) is 9.59 Å². The van der Waals surface area contributed by atoms with E-state index in [1.54, 1.807) is 13.8 Å². The van der Waals surface area contributed by atoms with Crippen LogP contribution in [-0.2, 0) is 33.8 Å². The molecule has 0 bridgehead atoms. The predicted molar refractivity (Wildman–Crippen MR) is 155 cm³/mol. The van der Waals surface area contributed by atoms with Crippen LogP contribution in [0.15, 0.2) is 54.6 Å². The van der Waals surface area contributed by atoms with Gasteiger partial charge in [-0.05, 0) is 31.0 Å². The van der Waals surface area contributed by atoms with E-state index in [0.29, 0.717) is 35.0 Å². The molecule has 0 fully saturated rings. The zero-order valence-electron chi connectivity index (χ0n) is 22.7. The Morgan fingerprint density at radius 3 is 2.59 bits per heavy atom. The molecular formula is C31H28N4O5S. The first-order valence-corrected chi connectivity index (χ1v) is 14.1. The number of nitrogens with one attached hydrogen (secondary N) is 1. The highest BCUT2D eigenvalue weighted by atomic mass is 32.1. The number of fused-ring (bicyclic) bond motifs is 2. The first kappa shape index (κ1) is 28.0. The minimum absolute atomic E-state index is 0.172. The summed E-state index contributed by atoms with van der Waals surface area (Å²) in [4.78, 5) is 45.9. The monoisotopic (exact) mass is 568 g/mol. The van der Waals surface area contributed by atoms with Crippen molar-refractivity contribution in [3.8, 4) is 6.07 Å².